The molecule has 104 valence electrons. The summed E-state index contributed by atoms with van der Waals surface area (Å²) in [5.41, 5.74) is 1.69. The third-order valence-corrected chi connectivity index (χ3v) is 3.57. The highest BCUT2D eigenvalue weighted by Crippen LogP contribution is 2.09. The summed E-state index contributed by atoms with van der Waals surface area (Å²) in [4.78, 5) is 7.32. The van der Waals surface area contributed by atoms with Gasteiger partial charge in [-0.1, -0.05) is 12.1 Å². The SMILES string of the molecule is COCCNS(=O)(=O)NCc1nc2ccccc2[nH]1. The minimum atomic E-state index is -3.53. The lowest BCUT2D eigenvalue weighted by Crippen LogP contribution is -2.37. The van der Waals surface area contributed by atoms with Crippen LogP contribution in [0, 0.1) is 0 Å². The average Bonchev–Trinajstić information content (AvgIpc) is 2.79. The van der Waals surface area contributed by atoms with E-state index >= 15 is 0 Å². The van der Waals surface area contributed by atoms with Crippen LogP contribution >= 0.6 is 0 Å². The molecule has 0 spiro atoms. The molecular weight excluding hydrogens is 268 g/mol. The Morgan fingerprint density at radius 1 is 1.32 bits per heavy atom. The number of H-pyrrole nitrogens is 1. The number of nitrogens with one attached hydrogen (secondary N) is 3. The maximum Gasteiger partial charge on any atom is 0.277 e. The van der Waals surface area contributed by atoms with Crippen LogP contribution in [0.3, 0.4) is 0 Å². The largest absolute Gasteiger partial charge is 0.383 e. The van der Waals surface area contributed by atoms with Crippen molar-refractivity contribution in [1.82, 2.24) is 19.4 Å². The van der Waals surface area contributed by atoms with Gasteiger partial charge in [0.2, 0.25) is 0 Å². The van der Waals surface area contributed by atoms with Gasteiger partial charge in [-0.15, -0.1) is 0 Å². The molecule has 0 unspecified atom stereocenters. The fraction of sp³-hybridized carbons (Fsp3) is 0.364. The summed E-state index contributed by atoms with van der Waals surface area (Å²) in [7, 11) is -2.02. The number of methoxy groups -OCH3 is 1. The first kappa shape index (κ1) is 13.9. The summed E-state index contributed by atoms with van der Waals surface area (Å²) < 4.78 is 32.7. The van der Waals surface area contributed by atoms with Crippen molar-refractivity contribution >= 4 is 21.2 Å². The quantitative estimate of drug-likeness (QED) is 0.630. The second-order valence-electron chi connectivity index (χ2n) is 3.91. The lowest BCUT2D eigenvalue weighted by Gasteiger charge is -2.06. The summed E-state index contributed by atoms with van der Waals surface area (Å²) in [6.45, 7) is 0.661. The number of fused-ring (bicyclic) bond motifs is 1. The Bertz CT molecular complexity index is 605. The average molecular weight is 284 g/mol. The normalized spacial score (nSPS) is 12.1. The summed E-state index contributed by atoms with van der Waals surface area (Å²) in [6.07, 6.45) is 0. The number of nitrogens with zero attached hydrogens (tertiary/aromatic N) is 1. The second kappa shape index (κ2) is 6.11. The van der Waals surface area contributed by atoms with Gasteiger partial charge in [-0.05, 0) is 12.1 Å². The molecule has 19 heavy (non-hydrogen) atoms. The molecule has 0 fully saturated rings. The Hall–Kier alpha value is -1.48. The number of ether oxygens (including phenoxy) is 1. The first-order chi connectivity index (χ1) is 9.11. The van der Waals surface area contributed by atoms with E-state index in [1.807, 2.05) is 24.3 Å². The Balaban J connectivity index is 1.94. The first-order valence-corrected chi connectivity index (χ1v) is 7.26. The standard InChI is InChI=1S/C11H16N4O3S/c1-18-7-6-12-19(16,17)13-8-11-14-9-4-2-3-5-10(9)15-11/h2-5,12-13H,6-8H2,1H3,(H,14,15). The van der Waals surface area contributed by atoms with Gasteiger partial charge in [0.1, 0.15) is 5.82 Å². The van der Waals surface area contributed by atoms with Gasteiger partial charge in [-0.2, -0.15) is 17.9 Å². The number of aromatic amines is 1. The van der Waals surface area contributed by atoms with Crippen LogP contribution in [-0.2, 0) is 21.5 Å². The van der Waals surface area contributed by atoms with Crippen LogP contribution in [0.1, 0.15) is 5.82 Å². The van der Waals surface area contributed by atoms with Crippen LogP contribution in [0.2, 0.25) is 0 Å². The molecule has 0 aliphatic heterocycles. The van der Waals surface area contributed by atoms with Gasteiger partial charge in [0.15, 0.2) is 0 Å². The monoisotopic (exact) mass is 284 g/mol. The summed E-state index contributed by atoms with van der Waals surface area (Å²) in [6, 6.07) is 7.52. The molecule has 0 aliphatic rings. The van der Waals surface area contributed by atoms with Crippen LogP contribution in [0.4, 0.5) is 0 Å². The zero-order chi connectivity index (χ0) is 13.7. The van der Waals surface area contributed by atoms with E-state index in [2.05, 4.69) is 19.4 Å². The first-order valence-electron chi connectivity index (χ1n) is 5.77. The number of benzene rings is 1. The van der Waals surface area contributed by atoms with Gasteiger partial charge >= 0.3 is 0 Å². The molecule has 0 bridgehead atoms. The van der Waals surface area contributed by atoms with Gasteiger partial charge in [-0.3, -0.25) is 0 Å². The molecule has 0 atom stereocenters. The molecule has 8 heteroatoms. The van der Waals surface area contributed by atoms with Crippen molar-refractivity contribution in [1.29, 1.82) is 0 Å². The molecule has 2 rings (SSSR count). The highest BCUT2D eigenvalue weighted by molar-refractivity contribution is 7.87. The Morgan fingerprint density at radius 2 is 2.11 bits per heavy atom. The molecule has 1 aromatic heterocycles. The van der Waals surface area contributed by atoms with E-state index < -0.39 is 10.2 Å². The fourth-order valence-electron chi connectivity index (χ4n) is 1.58. The van der Waals surface area contributed by atoms with Crippen molar-refractivity contribution in [2.75, 3.05) is 20.3 Å². The smallest absolute Gasteiger partial charge is 0.277 e. The summed E-state index contributed by atoms with van der Waals surface area (Å²) in [5.74, 6) is 0.568. The van der Waals surface area contributed by atoms with Crippen molar-refractivity contribution in [3.63, 3.8) is 0 Å². The van der Waals surface area contributed by atoms with E-state index in [0.29, 0.717) is 12.4 Å². The zero-order valence-electron chi connectivity index (χ0n) is 10.5. The van der Waals surface area contributed by atoms with Gasteiger partial charge in [-0.25, -0.2) is 4.98 Å². The van der Waals surface area contributed by atoms with E-state index in [-0.39, 0.29) is 13.1 Å². The molecule has 0 aliphatic carbocycles. The minimum absolute atomic E-state index is 0.108. The number of aromatic nitrogens is 2. The molecule has 0 saturated heterocycles. The fourth-order valence-corrected chi connectivity index (χ4v) is 2.36. The molecule has 0 saturated carbocycles. The Morgan fingerprint density at radius 3 is 2.84 bits per heavy atom. The maximum absolute atomic E-state index is 11.6. The van der Waals surface area contributed by atoms with Gasteiger partial charge < -0.3 is 9.72 Å². The Kier molecular flexibility index (Phi) is 4.48. The minimum Gasteiger partial charge on any atom is -0.383 e. The van der Waals surface area contributed by atoms with Crippen LogP contribution in [0.15, 0.2) is 24.3 Å². The third-order valence-electron chi connectivity index (χ3n) is 2.47. The van der Waals surface area contributed by atoms with Gasteiger partial charge in [0.25, 0.3) is 10.2 Å². The van der Waals surface area contributed by atoms with Gasteiger partial charge in [0.05, 0.1) is 24.2 Å². The number of rotatable bonds is 7. The third kappa shape index (κ3) is 4.00. The van der Waals surface area contributed by atoms with E-state index in [0.717, 1.165) is 11.0 Å². The van der Waals surface area contributed by atoms with E-state index in [4.69, 9.17) is 4.74 Å². The van der Waals surface area contributed by atoms with Crippen molar-refractivity contribution in [2.24, 2.45) is 0 Å². The van der Waals surface area contributed by atoms with Crippen molar-refractivity contribution in [3.8, 4) is 0 Å². The van der Waals surface area contributed by atoms with E-state index in [1.54, 1.807) is 0 Å². The predicted octanol–water partition coefficient (Wildman–Crippen LogP) is 0.133. The lowest BCUT2D eigenvalue weighted by molar-refractivity contribution is 0.204. The topological polar surface area (TPSA) is 96.1 Å². The zero-order valence-corrected chi connectivity index (χ0v) is 11.3. The maximum atomic E-state index is 11.6. The molecule has 2 aromatic rings. The molecule has 3 N–H and O–H groups in total. The van der Waals surface area contributed by atoms with Crippen LogP contribution in [-0.4, -0.2) is 38.6 Å². The molecular formula is C11H16N4O3S. The molecule has 7 nitrogen and oxygen atoms in total. The summed E-state index contributed by atoms with van der Waals surface area (Å²) >= 11 is 0. The van der Waals surface area contributed by atoms with Gasteiger partial charge in [0, 0.05) is 13.7 Å². The highest BCUT2D eigenvalue weighted by Gasteiger charge is 2.10. The predicted molar refractivity (Wildman–Crippen MR) is 71.7 cm³/mol. The highest BCUT2D eigenvalue weighted by atomic mass is 32.2. The lowest BCUT2D eigenvalue weighted by atomic mass is 10.3. The number of imidazole rings is 1. The van der Waals surface area contributed by atoms with E-state index in [9.17, 15) is 8.42 Å². The van der Waals surface area contributed by atoms with Crippen molar-refractivity contribution in [3.05, 3.63) is 30.1 Å². The van der Waals surface area contributed by atoms with Crippen molar-refractivity contribution in [2.45, 2.75) is 6.54 Å². The van der Waals surface area contributed by atoms with Crippen LogP contribution < -0.4 is 9.44 Å². The molecule has 0 radical (unpaired) electrons. The molecule has 1 heterocycles. The van der Waals surface area contributed by atoms with Crippen LogP contribution in [0.5, 0.6) is 0 Å². The summed E-state index contributed by atoms with van der Waals surface area (Å²) in [5, 5.41) is 0. The number of hydrogen-bond donors (Lipinski definition) is 3. The number of para-hydroxylation sites is 2. The number of hydrogen-bond acceptors (Lipinski definition) is 4. The van der Waals surface area contributed by atoms with Crippen LogP contribution in [0.25, 0.3) is 11.0 Å². The van der Waals surface area contributed by atoms with Crippen molar-refractivity contribution < 1.29 is 13.2 Å². The van der Waals surface area contributed by atoms with E-state index in [1.165, 1.54) is 7.11 Å². The Labute approximate surface area is 111 Å². The molecule has 0 amide bonds. The second-order valence-corrected chi connectivity index (χ2v) is 5.50. The molecule has 1 aromatic carbocycles.